The van der Waals surface area contributed by atoms with Crippen molar-refractivity contribution < 1.29 is 9.90 Å². The highest BCUT2D eigenvalue weighted by atomic mass is 16.4. The molecule has 1 fully saturated rings. The van der Waals surface area contributed by atoms with Gasteiger partial charge in [0.1, 0.15) is 0 Å². The molecule has 110 valence electrons. The molecule has 0 aromatic heterocycles. The molecule has 0 heterocycles. The van der Waals surface area contributed by atoms with Gasteiger partial charge in [-0.25, -0.2) is 0 Å². The van der Waals surface area contributed by atoms with Gasteiger partial charge in [0.15, 0.2) is 0 Å². The quantitative estimate of drug-likeness (QED) is 0.837. The molecule has 0 spiro atoms. The predicted molar refractivity (Wildman–Crippen MR) is 80.7 cm³/mol. The fourth-order valence-corrected chi connectivity index (χ4v) is 3.16. The minimum absolute atomic E-state index is 0.105. The molecule has 1 aromatic rings. The number of carbonyl (C=O) groups is 1. The number of carboxylic acids is 1. The van der Waals surface area contributed by atoms with Gasteiger partial charge < -0.3 is 10.4 Å². The summed E-state index contributed by atoms with van der Waals surface area (Å²) < 4.78 is 0. The first-order valence-electron chi connectivity index (χ1n) is 7.72. The summed E-state index contributed by atoms with van der Waals surface area (Å²) in [6, 6.07) is 8.56. The lowest BCUT2D eigenvalue weighted by molar-refractivity contribution is -0.136. The largest absolute Gasteiger partial charge is 0.481 e. The number of benzene rings is 1. The van der Waals surface area contributed by atoms with Crippen molar-refractivity contribution in [3.8, 4) is 0 Å². The van der Waals surface area contributed by atoms with Crippen LogP contribution in [-0.2, 0) is 17.8 Å². The van der Waals surface area contributed by atoms with Gasteiger partial charge in [-0.3, -0.25) is 4.79 Å². The van der Waals surface area contributed by atoms with Crippen LogP contribution in [0.4, 0.5) is 0 Å². The summed E-state index contributed by atoms with van der Waals surface area (Å²) in [7, 11) is 0. The number of rotatable bonds is 6. The van der Waals surface area contributed by atoms with Crippen LogP contribution in [0.3, 0.4) is 0 Å². The molecule has 20 heavy (non-hydrogen) atoms. The number of nitrogens with one attached hydrogen (secondary N) is 1. The predicted octanol–water partition coefficient (Wildman–Crippen LogP) is 3.37. The molecular weight excluding hydrogens is 250 g/mol. The van der Waals surface area contributed by atoms with E-state index in [4.69, 9.17) is 5.11 Å². The molecule has 2 atom stereocenters. The molecule has 2 N–H and O–H groups in total. The summed E-state index contributed by atoms with van der Waals surface area (Å²) >= 11 is 0. The fourth-order valence-electron chi connectivity index (χ4n) is 3.16. The Hall–Kier alpha value is -1.35. The van der Waals surface area contributed by atoms with Crippen molar-refractivity contribution in [1.29, 1.82) is 0 Å². The third-order valence-electron chi connectivity index (χ3n) is 4.38. The van der Waals surface area contributed by atoms with E-state index in [1.807, 2.05) is 24.3 Å². The third kappa shape index (κ3) is 4.34. The zero-order valence-electron chi connectivity index (χ0n) is 12.3. The Morgan fingerprint density at radius 1 is 1.20 bits per heavy atom. The molecule has 0 radical (unpaired) electrons. The first-order valence-corrected chi connectivity index (χ1v) is 7.72. The van der Waals surface area contributed by atoms with Gasteiger partial charge in [-0.15, -0.1) is 0 Å². The van der Waals surface area contributed by atoms with Crippen molar-refractivity contribution in [2.24, 2.45) is 5.92 Å². The molecule has 0 aliphatic heterocycles. The maximum atomic E-state index is 10.6. The monoisotopic (exact) mass is 275 g/mol. The fraction of sp³-hybridized carbons (Fsp3) is 0.588. The smallest absolute Gasteiger partial charge is 0.307 e. The Morgan fingerprint density at radius 3 is 2.50 bits per heavy atom. The van der Waals surface area contributed by atoms with E-state index >= 15 is 0 Å². The SMILES string of the molecule is CCC1CCCCC1NCc1ccc(CC(=O)O)cc1. The minimum Gasteiger partial charge on any atom is -0.481 e. The Balaban J connectivity index is 1.85. The van der Waals surface area contributed by atoms with E-state index < -0.39 is 5.97 Å². The molecule has 0 amide bonds. The molecular formula is C17H25NO2. The highest BCUT2D eigenvalue weighted by Crippen LogP contribution is 2.27. The second-order valence-corrected chi connectivity index (χ2v) is 5.83. The molecule has 0 saturated heterocycles. The van der Waals surface area contributed by atoms with Crippen molar-refractivity contribution in [2.75, 3.05) is 0 Å². The first kappa shape index (κ1) is 15.0. The van der Waals surface area contributed by atoms with Gasteiger partial charge >= 0.3 is 5.97 Å². The van der Waals surface area contributed by atoms with E-state index in [1.54, 1.807) is 0 Å². The lowest BCUT2D eigenvalue weighted by Gasteiger charge is -2.31. The van der Waals surface area contributed by atoms with Crippen LogP contribution < -0.4 is 5.32 Å². The highest BCUT2D eigenvalue weighted by Gasteiger charge is 2.22. The Bertz CT molecular complexity index is 427. The number of carboxylic acid groups (broad SMARTS) is 1. The van der Waals surface area contributed by atoms with Crippen LogP contribution in [0.2, 0.25) is 0 Å². The van der Waals surface area contributed by atoms with Crippen molar-refractivity contribution in [2.45, 2.75) is 58.0 Å². The van der Waals surface area contributed by atoms with Crippen molar-refractivity contribution in [3.63, 3.8) is 0 Å². The molecule has 0 bridgehead atoms. The molecule has 1 saturated carbocycles. The summed E-state index contributed by atoms with van der Waals surface area (Å²) in [6.45, 7) is 3.17. The third-order valence-corrected chi connectivity index (χ3v) is 4.38. The summed E-state index contributed by atoms with van der Waals surface area (Å²) in [5.74, 6) is 0.0406. The summed E-state index contributed by atoms with van der Waals surface area (Å²) in [6.07, 6.45) is 6.72. The normalized spacial score (nSPS) is 22.6. The van der Waals surface area contributed by atoms with Gasteiger partial charge in [0, 0.05) is 12.6 Å². The van der Waals surface area contributed by atoms with Crippen molar-refractivity contribution in [3.05, 3.63) is 35.4 Å². The van der Waals surface area contributed by atoms with Crippen LogP contribution >= 0.6 is 0 Å². The standard InChI is InChI=1S/C17H25NO2/c1-2-15-5-3-4-6-16(15)18-12-14-9-7-13(8-10-14)11-17(19)20/h7-10,15-16,18H,2-6,11-12H2,1H3,(H,19,20). The molecule has 3 nitrogen and oxygen atoms in total. The first-order chi connectivity index (χ1) is 9.69. The minimum atomic E-state index is -0.774. The van der Waals surface area contributed by atoms with Crippen LogP contribution in [0.25, 0.3) is 0 Å². The van der Waals surface area contributed by atoms with E-state index in [1.165, 1.54) is 37.7 Å². The maximum Gasteiger partial charge on any atom is 0.307 e. The van der Waals surface area contributed by atoms with Gasteiger partial charge in [-0.1, -0.05) is 50.5 Å². The maximum absolute atomic E-state index is 10.6. The van der Waals surface area contributed by atoms with E-state index in [-0.39, 0.29) is 6.42 Å². The average Bonchev–Trinajstić information content (AvgIpc) is 2.46. The Labute approximate surface area is 121 Å². The summed E-state index contributed by atoms with van der Waals surface area (Å²) in [5, 5.41) is 12.4. The number of aliphatic carboxylic acids is 1. The zero-order chi connectivity index (χ0) is 14.4. The molecule has 1 aromatic carbocycles. The van der Waals surface area contributed by atoms with Crippen molar-refractivity contribution >= 4 is 5.97 Å². The van der Waals surface area contributed by atoms with Gasteiger partial charge in [-0.05, 0) is 29.9 Å². The molecule has 1 aliphatic carbocycles. The second kappa shape index (κ2) is 7.44. The topological polar surface area (TPSA) is 49.3 Å². The van der Waals surface area contributed by atoms with E-state index in [0.29, 0.717) is 6.04 Å². The lowest BCUT2D eigenvalue weighted by atomic mass is 9.83. The van der Waals surface area contributed by atoms with E-state index in [2.05, 4.69) is 12.2 Å². The van der Waals surface area contributed by atoms with Crippen LogP contribution in [0.15, 0.2) is 24.3 Å². The molecule has 2 unspecified atom stereocenters. The van der Waals surface area contributed by atoms with Crippen molar-refractivity contribution in [1.82, 2.24) is 5.32 Å². The lowest BCUT2D eigenvalue weighted by Crippen LogP contribution is -2.37. The second-order valence-electron chi connectivity index (χ2n) is 5.83. The van der Waals surface area contributed by atoms with Crippen LogP contribution in [0, 0.1) is 5.92 Å². The van der Waals surface area contributed by atoms with Crippen LogP contribution in [0.1, 0.15) is 50.2 Å². The Morgan fingerprint density at radius 2 is 1.85 bits per heavy atom. The number of hydrogen-bond acceptors (Lipinski definition) is 2. The summed E-state index contributed by atoms with van der Waals surface area (Å²) in [5.41, 5.74) is 2.10. The van der Waals surface area contributed by atoms with E-state index in [9.17, 15) is 4.79 Å². The zero-order valence-corrected chi connectivity index (χ0v) is 12.3. The van der Waals surface area contributed by atoms with Crippen LogP contribution in [-0.4, -0.2) is 17.1 Å². The van der Waals surface area contributed by atoms with Crippen LogP contribution in [0.5, 0.6) is 0 Å². The molecule has 2 rings (SSSR count). The average molecular weight is 275 g/mol. The molecule has 3 heteroatoms. The summed E-state index contributed by atoms with van der Waals surface area (Å²) in [4.78, 5) is 10.6. The van der Waals surface area contributed by atoms with Gasteiger partial charge in [0.25, 0.3) is 0 Å². The van der Waals surface area contributed by atoms with E-state index in [0.717, 1.165) is 18.0 Å². The van der Waals surface area contributed by atoms with Gasteiger partial charge in [-0.2, -0.15) is 0 Å². The number of hydrogen-bond donors (Lipinski definition) is 2. The highest BCUT2D eigenvalue weighted by molar-refractivity contribution is 5.70. The molecule has 1 aliphatic rings. The van der Waals surface area contributed by atoms with Gasteiger partial charge in [0.05, 0.1) is 6.42 Å². The van der Waals surface area contributed by atoms with Gasteiger partial charge in [0.2, 0.25) is 0 Å². The Kier molecular flexibility index (Phi) is 5.60.